The van der Waals surface area contributed by atoms with Gasteiger partial charge in [0.2, 0.25) is 17.7 Å². The minimum absolute atomic E-state index is 0.567. The number of furan rings is 3. The van der Waals surface area contributed by atoms with E-state index in [-0.39, 0.29) is 0 Å². The fourth-order valence-electron chi connectivity index (χ4n) is 17.4. The van der Waals surface area contributed by atoms with Crippen LogP contribution in [0.4, 0.5) is 0 Å². The highest BCUT2D eigenvalue weighted by molar-refractivity contribution is 6.15. The quantitative estimate of drug-likeness (QED) is 0.0996. The lowest BCUT2D eigenvalue weighted by Crippen LogP contribution is -1.96. The SMILES string of the molecule is c1ccc(-c2cc(-c3ccccc3)nc(-c3cccc4oc5ccc(-c6nc7ccccc7o6)cc5c34)n2)cc1.c1ccc(-c2ccc(-c3cc(-c4ccccc4)nc(-c4cccc5oc6ccc(-c7nc8ccccc8o7)cc6c45)n3)cc2)cc1.c1ccc(-c2cccc(-c3cc(-c4ccccc4)nc(-c4cccc5oc6ccc(-c7nc8ccccc8o7)cc6c45)n3)c2)cc1. The second-order valence-corrected chi connectivity index (χ2v) is 32.2. The molecule has 0 amide bonds. The van der Waals surface area contributed by atoms with Gasteiger partial charge in [0.15, 0.2) is 34.2 Å². The van der Waals surface area contributed by atoms with Gasteiger partial charge in [0.25, 0.3) is 0 Å². The molecule has 0 N–H and O–H groups in total. The summed E-state index contributed by atoms with van der Waals surface area (Å²) in [4.78, 5) is 44.9. The number of rotatable bonds is 14. The van der Waals surface area contributed by atoms with Crippen molar-refractivity contribution in [2.75, 3.05) is 0 Å². The van der Waals surface area contributed by atoms with Gasteiger partial charge in [0.1, 0.15) is 50.0 Å². The lowest BCUT2D eigenvalue weighted by molar-refractivity contribution is 0.619. The molecule has 15 heteroatoms. The first-order valence-corrected chi connectivity index (χ1v) is 43.5. The number of fused-ring (bicyclic) bond motifs is 12. The highest BCUT2D eigenvalue weighted by Gasteiger charge is 2.25. The van der Waals surface area contributed by atoms with Crippen molar-refractivity contribution >= 4 is 99.1 Å². The van der Waals surface area contributed by atoms with E-state index in [2.05, 4.69) is 194 Å². The molecule has 17 aromatic carbocycles. The van der Waals surface area contributed by atoms with Crippen LogP contribution in [0.2, 0.25) is 0 Å². The van der Waals surface area contributed by atoms with Crippen LogP contribution in [0.25, 0.3) is 257 Å². The Morgan fingerprint density at radius 1 is 0.136 bits per heavy atom. The molecule has 0 saturated carbocycles. The van der Waals surface area contributed by atoms with Crippen molar-refractivity contribution in [3.8, 4) is 158 Å². The van der Waals surface area contributed by atoms with Crippen LogP contribution in [0.15, 0.2) is 457 Å². The molecule has 9 heterocycles. The summed E-state index contributed by atoms with van der Waals surface area (Å²) in [5, 5.41) is 5.72. The van der Waals surface area contributed by atoms with Crippen LogP contribution < -0.4 is 0 Å². The van der Waals surface area contributed by atoms with Crippen LogP contribution in [0, 0.1) is 0 Å². The smallest absolute Gasteiger partial charge is 0.227 e. The molecule has 15 nitrogen and oxygen atoms in total. The summed E-state index contributed by atoms with van der Waals surface area (Å²) in [5.74, 6) is 3.60. The van der Waals surface area contributed by atoms with Gasteiger partial charge >= 0.3 is 0 Å². The Morgan fingerprint density at radius 3 is 0.697 bits per heavy atom. The molecule has 0 aliphatic carbocycles. The summed E-state index contributed by atoms with van der Waals surface area (Å²) in [6.45, 7) is 0. The Morgan fingerprint density at radius 2 is 0.371 bits per heavy atom. The van der Waals surface area contributed by atoms with Crippen LogP contribution in [-0.4, -0.2) is 44.9 Å². The van der Waals surface area contributed by atoms with Gasteiger partial charge in [-0.2, -0.15) is 0 Å². The van der Waals surface area contributed by atoms with Crippen molar-refractivity contribution in [2.24, 2.45) is 0 Å². The topological polar surface area (TPSA) is 195 Å². The Labute approximate surface area is 754 Å². The Hall–Kier alpha value is -18.2. The van der Waals surface area contributed by atoms with E-state index in [1.54, 1.807) is 0 Å². The summed E-state index contributed by atoms with van der Waals surface area (Å²) in [6, 6.07) is 145. The maximum absolute atomic E-state index is 6.35. The molecular formula is C117H71N9O6. The first-order chi connectivity index (χ1) is 65.3. The van der Waals surface area contributed by atoms with Crippen LogP contribution in [-0.2, 0) is 0 Å². The van der Waals surface area contributed by atoms with E-state index in [0.717, 1.165) is 217 Å². The van der Waals surface area contributed by atoms with E-state index in [1.165, 1.54) is 5.56 Å². The maximum Gasteiger partial charge on any atom is 0.227 e. The van der Waals surface area contributed by atoms with Crippen LogP contribution in [0.3, 0.4) is 0 Å². The number of nitrogens with zero attached hydrogens (tertiary/aromatic N) is 9. The molecule has 0 saturated heterocycles. The average Bonchev–Trinajstić information content (AvgIpc) is 1.59. The number of aromatic nitrogens is 9. The number of para-hydroxylation sites is 6. The number of hydrogen-bond acceptors (Lipinski definition) is 15. The molecule has 0 spiro atoms. The summed E-state index contributed by atoms with van der Waals surface area (Å²) in [5.41, 5.74) is 30.6. The minimum atomic E-state index is 0.567. The molecule has 0 unspecified atom stereocenters. The van der Waals surface area contributed by atoms with Gasteiger partial charge in [-0.15, -0.1) is 0 Å². The molecule has 0 aliphatic rings. The second-order valence-electron chi connectivity index (χ2n) is 32.2. The largest absolute Gasteiger partial charge is 0.456 e. The standard InChI is InChI=1S/2C41H25N3O2.C35H21N3O2/c1-3-11-26(12-4-1)28-15-9-16-29(23-28)35-25-34(27-13-5-2-6-14-27)42-40(43-35)31-17-10-20-38-39(31)32-24-30(21-22-36(32)45-38)41-44-33-18-7-8-19-37(33)46-41;1-3-10-26(11-4-1)27-18-20-29(21-19-27)35-25-34(28-12-5-2-6-13-28)42-40(43-35)31-14-9-17-38-39(31)32-24-30(22-23-36(32)45-38)41-44-33-15-7-8-16-37(33)46-41;1-3-10-22(11-4-1)28-21-29(23-12-5-2-6-13-23)37-34(36-28)25-14-9-17-32-33(25)26-20-24(18-19-30(26)39-32)35-38-27-15-7-8-16-31(27)40-35/h2*1-25H;1-21H. The third-order valence-corrected chi connectivity index (χ3v) is 23.8. The first-order valence-electron chi connectivity index (χ1n) is 43.5. The van der Waals surface area contributed by atoms with Crippen molar-refractivity contribution < 1.29 is 26.5 Å². The third-order valence-electron chi connectivity index (χ3n) is 23.8. The van der Waals surface area contributed by atoms with Crippen molar-refractivity contribution in [1.29, 1.82) is 0 Å². The molecule has 132 heavy (non-hydrogen) atoms. The fraction of sp³-hybridized carbons (Fsp3) is 0. The lowest BCUT2D eigenvalue weighted by Gasteiger charge is -2.11. The van der Waals surface area contributed by atoms with E-state index >= 15 is 0 Å². The molecule has 26 rings (SSSR count). The highest BCUT2D eigenvalue weighted by atomic mass is 16.4. The van der Waals surface area contributed by atoms with E-state index < -0.39 is 0 Å². The molecule has 0 radical (unpaired) electrons. The zero-order chi connectivity index (χ0) is 87.4. The molecular weight excluding hydrogens is 1630 g/mol. The van der Waals surface area contributed by atoms with Gasteiger partial charge in [-0.25, -0.2) is 44.9 Å². The molecule has 9 aromatic heterocycles. The molecule has 26 aromatic rings. The Kier molecular flexibility index (Phi) is 19.5. The van der Waals surface area contributed by atoms with Crippen molar-refractivity contribution in [3.63, 3.8) is 0 Å². The van der Waals surface area contributed by atoms with E-state index in [4.69, 9.17) is 71.4 Å². The Bertz CT molecular complexity index is 8680. The van der Waals surface area contributed by atoms with Crippen LogP contribution in [0.5, 0.6) is 0 Å². The molecule has 620 valence electrons. The fourth-order valence-corrected chi connectivity index (χ4v) is 17.4. The van der Waals surface area contributed by atoms with Crippen molar-refractivity contribution in [1.82, 2.24) is 44.9 Å². The zero-order valence-corrected chi connectivity index (χ0v) is 70.5. The molecule has 0 bridgehead atoms. The third kappa shape index (κ3) is 14.9. The average molecular weight is 1700 g/mol. The normalized spacial score (nSPS) is 11.5. The maximum atomic E-state index is 6.35. The number of benzene rings is 17. The van der Waals surface area contributed by atoms with Gasteiger partial charge in [-0.1, -0.05) is 297 Å². The van der Waals surface area contributed by atoms with Crippen LogP contribution >= 0.6 is 0 Å². The molecule has 0 atom stereocenters. The monoisotopic (exact) mass is 1700 g/mol. The molecule has 0 fully saturated rings. The van der Waals surface area contributed by atoms with Gasteiger partial charge in [0, 0.05) is 99.1 Å². The minimum Gasteiger partial charge on any atom is -0.456 e. The zero-order valence-electron chi connectivity index (χ0n) is 70.5. The predicted molar refractivity (Wildman–Crippen MR) is 527 cm³/mol. The lowest BCUT2D eigenvalue weighted by atomic mass is 10.00. The van der Waals surface area contributed by atoms with Crippen molar-refractivity contribution in [2.45, 2.75) is 0 Å². The summed E-state index contributed by atoms with van der Waals surface area (Å²) in [6.07, 6.45) is 0. The van der Waals surface area contributed by atoms with Crippen molar-refractivity contribution in [3.05, 3.63) is 431 Å². The first kappa shape index (κ1) is 77.4. The van der Waals surface area contributed by atoms with Gasteiger partial charge in [0.05, 0.1) is 34.2 Å². The van der Waals surface area contributed by atoms with Gasteiger partial charge < -0.3 is 26.5 Å². The predicted octanol–water partition coefficient (Wildman–Crippen LogP) is 30.9. The number of hydrogen-bond donors (Lipinski definition) is 0. The molecule has 0 aliphatic heterocycles. The number of oxazole rings is 3. The van der Waals surface area contributed by atoms with E-state index in [0.29, 0.717) is 35.1 Å². The van der Waals surface area contributed by atoms with E-state index in [9.17, 15) is 0 Å². The summed E-state index contributed by atoms with van der Waals surface area (Å²) >= 11 is 0. The van der Waals surface area contributed by atoms with Crippen LogP contribution in [0.1, 0.15) is 0 Å². The van der Waals surface area contributed by atoms with Gasteiger partial charge in [-0.3, -0.25) is 0 Å². The second kappa shape index (κ2) is 33.3. The summed E-state index contributed by atoms with van der Waals surface area (Å²) in [7, 11) is 0. The summed E-state index contributed by atoms with van der Waals surface area (Å²) < 4.78 is 37.3. The highest BCUT2D eigenvalue weighted by Crippen LogP contribution is 2.45. The Balaban J connectivity index is 0.000000110. The van der Waals surface area contributed by atoms with Gasteiger partial charge in [-0.05, 0) is 156 Å². The van der Waals surface area contributed by atoms with E-state index in [1.807, 2.05) is 237 Å².